The zero-order chi connectivity index (χ0) is 8.15. The van der Waals surface area contributed by atoms with Crippen LogP contribution in [0, 0.1) is 0 Å². The van der Waals surface area contributed by atoms with E-state index >= 15 is 0 Å². The van der Waals surface area contributed by atoms with Gasteiger partial charge in [0.15, 0.2) is 0 Å². The Labute approximate surface area is 58.0 Å². The number of amides is 3. The SMILES string of the molecule is CC(=O)N[PH](=O)NC(N)=O. The van der Waals surface area contributed by atoms with Gasteiger partial charge < -0.3 is 5.73 Å². The van der Waals surface area contributed by atoms with E-state index in [1.807, 2.05) is 10.2 Å². The monoisotopic (exact) mass is 165 g/mol. The third-order valence-electron chi connectivity index (χ3n) is 0.526. The van der Waals surface area contributed by atoms with Gasteiger partial charge in [-0.05, 0) is 0 Å². The second-order valence-corrected chi connectivity index (χ2v) is 2.66. The predicted octanol–water partition coefficient (Wildman–Crippen LogP) is -0.820. The summed E-state index contributed by atoms with van der Waals surface area (Å²) in [5.74, 6) is -0.474. The first-order valence-electron chi connectivity index (χ1n) is 2.40. The second-order valence-electron chi connectivity index (χ2n) is 1.50. The second kappa shape index (κ2) is 3.90. The van der Waals surface area contributed by atoms with Crippen molar-refractivity contribution < 1.29 is 14.2 Å². The minimum atomic E-state index is -2.56. The first kappa shape index (κ1) is 8.97. The molecule has 10 heavy (non-hydrogen) atoms. The Morgan fingerprint density at radius 1 is 1.40 bits per heavy atom. The molecule has 0 radical (unpaired) electrons. The number of nitrogens with one attached hydrogen (secondary N) is 2. The van der Waals surface area contributed by atoms with E-state index in [0.717, 1.165) is 0 Å². The maximum Gasteiger partial charge on any atom is 0.318 e. The van der Waals surface area contributed by atoms with Crippen molar-refractivity contribution in [2.24, 2.45) is 5.73 Å². The van der Waals surface area contributed by atoms with E-state index in [9.17, 15) is 14.2 Å². The molecule has 0 heterocycles. The fourth-order valence-corrected chi connectivity index (χ4v) is 0.909. The highest BCUT2D eigenvalue weighted by molar-refractivity contribution is 7.41. The van der Waals surface area contributed by atoms with Crippen molar-refractivity contribution in [2.75, 3.05) is 0 Å². The molecule has 0 saturated carbocycles. The van der Waals surface area contributed by atoms with Crippen molar-refractivity contribution in [3.05, 3.63) is 0 Å². The Hall–Kier alpha value is -1.03. The lowest BCUT2D eigenvalue weighted by Gasteiger charge is -2.00. The van der Waals surface area contributed by atoms with Crippen LogP contribution in [0.2, 0.25) is 0 Å². The number of carbonyl (C=O) groups excluding carboxylic acids is 2. The fourth-order valence-electron chi connectivity index (χ4n) is 0.303. The van der Waals surface area contributed by atoms with Gasteiger partial charge in [-0.2, -0.15) is 0 Å². The van der Waals surface area contributed by atoms with Crippen molar-refractivity contribution in [3.63, 3.8) is 0 Å². The number of carbonyl (C=O) groups is 2. The summed E-state index contributed by atoms with van der Waals surface area (Å²) >= 11 is 0. The number of urea groups is 1. The van der Waals surface area contributed by atoms with Crippen LogP contribution in [0.3, 0.4) is 0 Å². The normalized spacial score (nSPS) is 11.7. The average molecular weight is 165 g/mol. The highest BCUT2D eigenvalue weighted by atomic mass is 31.1. The van der Waals surface area contributed by atoms with E-state index in [1.165, 1.54) is 6.92 Å². The molecule has 0 aromatic rings. The van der Waals surface area contributed by atoms with E-state index in [-0.39, 0.29) is 0 Å². The van der Waals surface area contributed by atoms with Crippen molar-refractivity contribution in [1.82, 2.24) is 10.2 Å². The quantitative estimate of drug-likeness (QED) is 0.466. The van der Waals surface area contributed by atoms with Gasteiger partial charge >= 0.3 is 6.03 Å². The first-order valence-corrected chi connectivity index (χ1v) is 3.81. The van der Waals surface area contributed by atoms with Crippen molar-refractivity contribution >= 4 is 20.0 Å². The molecule has 4 N–H and O–H groups in total. The summed E-state index contributed by atoms with van der Waals surface area (Å²) in [4.78, 5) is 20.1. The molecule has 0 aromatic heterocycles. The molecule has 0 spiro atoms. The van der Waals surface area contributed by atoms with Crippen molar-refractivity contribution in [1.29, 1.82) is 0 Å². The number of nitrogens with two attached hydrogens (primary N) is 1. The van der Waals surface area contributed by atoms with E-state index in [0.29, 0.717) is 0 Å². The third-order valence-corrected chi connectivity index (χ3v) is 1.58. The molecule has 0 rings (SSSR count). The largest absolute Gasteiger partial charge is 0.351 e. The van der Waals surface area contributed by atoms with Crippen LogP contribution in [0.1, 0.15) is 6.92 Å². The predicted molar refractivity (Wildman–Crippen MR) is 35.5 cm³/mol. The molecule has 7 heteroatoms. The third kappa shape index (κ3) is 5.11. The van der Waals surface area contributed by atoms with Gasteiger partial charge in [0.05, 0.1) is 0 Å². The molecule has 0 aliphatic rings. The Morgan fingerprint density at radius 3 is 2.20 bits per heavy atom. The van der Waals surface area contributed by atoms with Crippen LogP contribution in [0.25, 0.3) is 0 Å². The molecule has 1 atom stereocenters. The van der Waals surface area contributed by atoms with Crippen LogP contribution in [-0.2, 0) is 9.36 Å². The summed E-state index contributed by atoms with van der Waals surface area (Å²) < 4.78 is 10.5. The van der Waals surface area contributed by atoms with Crippen molar-refractivity contribution in [2.45, 2.75) is 6.92 Å². The maximum atomic E-state index is 10.5. The summed E-state index contributed by atoms with van der Waals surface area (Å²) in [7, 11) is -2.56. The molecule has 0 aliphatic heterocycles. The lowest BCUT2D eigenvalue weighted by Crippen LogP contribution is -2.28. The van der Waals surface area contributed by atoms with Gasteiger partial charge in [0, 0.05) is 6.92 Å². The first-order chi connectivity index (χ1) is 4.52. The molecule has 1 unspecified atom stereocenters. The Balaban J connectivity index is 3.65. The lowest BCUT2D eigenvalue weighted by molar-refractivity contribution is -0.117. The van der Waals surface area contributed by atoms with Gasteiger partial charge in [-0.3, -0.25) is 19.5 Å². The van der Waals surface area contributed by atoms with Gasteiger partial charge in [-0.15, -0.1) is 0 Å². The van der Waals surface area contributed by atoms with Crippen LogP contribution in [0.5, 0.6) is 0 Å². The zero-order valence-electron chi connectivity index (χ0n) is 5.30. The summed E-state index contributed by atoms with van der Waals surface area (Å²) in [6, 6.07) is -0.919. The topological polar surface area (TPSA) is 101 Å². The van der Waals surface area contributed by atoms with E-state index < -0.39 is 20.0 Å². The van der Waals surface area contributed by atoms with Crippen LogP contribution in [0.15, 0.2) is 0 Å². The number of hydrogen-bond donors (Lipinski definition) is 3. The van der Waals surface area contributed by atoms with Gasteiger partial charge in [-0.25, -0.2) is 4.79 Å². The minimum Gasteiger partial charge on any atom is -0.351 e. The van der Waals surface area contributed by atoms with Crippen molar-refractivity contribution in [3.8, 4) is 0 Å². The van der Waals surface area contributed by atoms with Gasteiger partial charge in [0.25, 0.3) is 8.10 Å². The van der Waals surface area contributed by atoms with E-state index in [4.69, 9.17) is 0 Å². The van der Waals surface area contributed by atoms with E-state index in [2.05, 4.69) is 5.73 Å². The summed E-state index contributed by atoms with van der Waals surface area (Å²) in [5.41, 5.74) is 4.59. The van der Waals surface area contributed by atoms with Gasteiger partial charge in [0.1, 0.15) is 0 Å². The maximum absolute atomic E-state index is 10.5. The van der Waals surface area contributed by atoms with Crippen LogP contribution < -0.4 is 15.9 Å². The van der Waals surface area contributed by atoms with Gasteiger partial charge in [-0.1, -0.05) is 0 Å². The summed E-state index contributed by atoms with van der Waals surface area (Å²) in [6.07, 6.45) is 0. The molecule has 0 aliphatic carbocycles. The molecule has 0 saturated heterocycles. The number of rotatable bonds is 2. The molecule has 3 amide bonds. The Morgan fingerprint density at radius 2 is 1.90 bits per heavy atom. The van der Waals surface area contributed by atoms with Crippen LogP contribution in [0.4, 0.5) is 4.79 Å². The smallest absolute Gasteiger partial charge is 0.318 e. The highest BCUT2D eigenvalue weighted by Crippen LogP contribution is 2.04. The molecular weight excluding hydrogens is 157 g/mol. The van der Waals surface area contributed by atoms with Gasteiger partial charge in [0.2, 0.25) is 5.91 Å². The lowest BCUT2D eigenvalue weighted by atomic mass is 10.8. The molecule has 0 aromatic carbocycles. The number of hydrogen-bond acceptors (Lipinski definition) is 3. The van der Waals surface area contributed by atoms with Crippen LogP contribution >= 0.6 is 8.10 Å². The molecule has 6 nitrogen and oxygen atoms in total. The summed E-state index contributed by atoms with van der Waals surface area (Å²) in [5, 5.41) is 3.80. The molecule has 0 bridgehead atoms. The Bertz CT molecular complexity index is 162. The average Bonchev–Trinajstić information content (AvgIpc) is 1.58. The van der Waals surface area contributed by atoms with E-state index in [1.54, 1.807) is 0 Å². The minimum absolute atomic E-state index is 0.474. The Kier molecular flexibility index (Phi) is 3.49. The molecule has 58 valence electrons. The number of primary amides is 1. The standard InChI is InChI=1S/C3H8N3O3P/c1-2(7)5-10(9)6-3(4)8/h10H,1H3,(H4,4,5,6,7,8,9). The molecular formula is C3H8N3O3P. The zero-order valence-corrected chi connectivity index (χ0v) is 6.30. The fraction of sp³-hybridized carbons (Fsp3) is 0.333. The highest BCUT2D eigenvalue weighted by Gasteiger charge is 2.00. The molecule has 0 fully saturated rings. The summed E-state index contributed by atoms with van der Waals surface area (Å²) in [6.45, 7) is 1.19. The van der Waals surface area contributed by atoms with Crippen LogP contribution in [-0.4, -0.2) is 11.9 Å².